The topological polar surface area (TPSA) is 17.1 Å². The van der Waals surface area contributed by atoms with Crippen LogP contribution in [-0.4, -0.2) is 5.78 Å². The molecule has 0 saturated carbocycles. The summed E-state index contributed by atoms with van der Waals surface area (Å²) >= 11 is 2.11. The lowest BCUT2D eigenvalue weighted by Crippen LogP contribution is -2.08. The van der Waals surface area contributed by atoms with Crippen molar-refractivity contribution >= 4 is 28.4 Å². The summed E-state index contributed by atoms with van der Waals surface area (Å²) < 4.78 is 13.2. The molecule has 0 radical (unpaired) electrons. The normalized spacial score (nSPS) is 17.6. The van der Waals surface area contributed by atoms with E-state index in [-0.39, 0.29) is 15.5 Å². The van der Waals surface area contributed by atoms with Gasteiger partial charge in [-0.3, -0.25) is 4.79 Å². The minimum absolute atomic E-state index is 0.139. The molecular formula is C16H12FIO. The van der Waals surface area contributed by atoms with E-state index >= 15 is 0 Å². The van der Waals surface area contributed by atoms with Crippen molar-refractivity contribution in [2.24, 2.45) is 0 Å². The van der Waals surface area contributed by atoms with Gasteiger partial charge in [0.15, 0.2) is 5.78 Å². The Morgan fingerprint density at radius 3 is 2.79 bits per heavy atom. The third kappa shape index (κ3) is 2.10. The number of alkyl halides is 1. The third-order valence-corrected chi connectivity index (χ3v) is 4.99. The van der Waals surface area contributed by atoms with Gasteiger partial charge >= 0.3 is 0 Å². The lowest BCUT2D eigenvalue weighted by atomic mass is 9.94. The fourth-order valence-corrected chi connectivity index (χ4v) is 3.35. The van der Waals surface area contributed by atoms with Gasteiger partial charge in [-0.2, -0.15) is 0 Å². The highest BCUT2D eigenvalue weighted by molar-refractivity contribution is 14.1. The summed E-state index contributed by atoms with van der Waals surface area (Å²) in [5, 5.41) is 0. The van der Waals surface area contributed by atoms with Gasteiger partial charge in [0.25, 0.3) is 0 Å². The summed E-state index contributed by atoms with van der Waals surface area (Å²) in [6, 6.07) is 10.8. The van der Waals surface area contributed by atoms with E-state index in [0.717, 1.165) is 27.8 Å². The average molecular weight is 366 g/mol. The highest BCUT2D eigenvalue weighted by Gasteiger charge is 2.27. The van der Waals surface area contributed by atoms with Crippen molar-refractivity contribution in [2.45, 2.75) is 17.3 Å². The molecule has 0 bridgehead atoms. The van der Waals surface area contributed by atoms with E-state index in [9.17, 15) is 9.18 Å². The predicted molar refractivity (Wildman–Crippen MR) is 82.0 cm³/mol. The van der Waals surface area contributed by atoms with Crippen LogP contribution in [0.4, 0.5) is 4.39 Å². The Balaban J connectivity index is 2.36. The maximum atomic E-state index is 13.5. The molecule has 19 heavy (non-hydrogen) atoms. The molecule has 0 fully saturated rings. The van der Waals surface area contributed by atoms with Crippen LogP contribution in [0.2, 0.25) is 0 Å². The standard InChI is InChI=1S/C16H12FIO/c1-9-3-2-4-11-12-6-5-10(17)7-14(12)16(18)15(19)8-13(9)11/h2-7,16H,8H2,1H3. The van der Waals surface area contributed by atoms with E-state index < -0.39 is 0 Å². The number of hydrogen-bond donors (Lipinski definition) is 0. The number of rotatable bonds is 0. The molecule has 1 aliphatic rings. The average Bonchev–Trinajstić information content (AvgIpc) is 2.49. The number of hydrogen-bond acceptors (Lipinski definition) is 1. The maximum Gasteiger partial charge on any atom is 0.154 e. The second-order valence-corrected chi connectivity index (χ2v) is 6.08. The zero-order valence-electron chi connectivity index (χ0n) is 10.4. The molecule has 0 saturated heterocycles. The zero-order valence-corrected chi connectivity index (χ0v) is 12.6. The van der Waals surface area contributed by atoms with E-state index in [1.165, 1.54) is 12.1 Å². The minimum atomic E-state index is -0.288. The number of carbonyl (C=O) groups excluding carboxylic acids is 1. The quantitative estimate of drug-likeness (QED) is 0.499. The Kier molecular flexibility index (Phi) is 3.17. The van der Waals surface area contributed by atoms with Crippen LogP contribution >= 0.6 is 22.6 Å². The Labute approximate surface area is 125 Å². The first-order chi connectivity index (χ1) is 9.08. The van der Waals surface area contributed by atoms with Crippen molar-refractivity contribution in [1.82, 2.24) is 0 Å². The minimum Gasteiger partial charge on any atom is -0.298 e. The largest absolute Gasteiger partial charge is 0.298 e. The van der Waals surface area contributed by atoms with E-state index in [2.05, 4.69) is 22.6 Å². The number of ketones is 1. The van der Waals surface area contributed by atoms with Crippen LogP contribution in [-0.2, 0) is 11.2 Å². The van der Waals surface area contributed by atoms with Crippen LogP contribution in [0, 0.1) is 12.7 Å². The molecular weight excluding hydrogens is 354 g/mol. The molecule has 3 rings (SSSR count). The van der Waals surface area contributed by atoms with Crippen molar-refractivity contribution in [3.63, 3.8) is 0 Å². The van der Waals surface area contributed by atoms with Crippen molar-refractivity contribution in [3.05, 3.63) is 58.9 Å². The molecule has 0 spiro atoms. The van der Waals surface area contributed by atoms with Gasteiger partial charge in [0.2, 0.25) is 0 Å². The summed E-state index contributed by atoms with van der Waals surface area (Å²) in [4.78, 5) is 12.3. The van der Waals surface area contributed by atoms with Gasteiger partial charge in [0.05, 0.1) is 3.92 Å². The number of benzene rings is 2. The first-order valence-corrected chi connectivity index (χ1v) is 7.37. The van der Waals surface area contributed by atoms with Crippen LogP contribution in [0.15, 0.2) is 36.4 Å². The van der Waals surface area contributed by atoms with Crippen molar-refractivity contribution in [1.29, 1.82) is 0 Å². The molecule has 1 atom stereocenters. The molecule has 1 nitrogen and oxygen atoms in total. The van der Waals surface area contributed by atoms with E-state index in [4.69, 9.17) is 0 Å². The summed E-state index contributed by atoms with van der Waals surface area (Å²) in [5.74, 6) is -0.148. The highest BCUT2D eigenvalue weighted by atomic mass is 127. The second-order valence-electron chi connectivity index (χ2n) is 4.84. The zero-order chi connectivity index (χ0) is 13.6. The molecule has 0 aromatic heterocycles. The Morgan fingerprint density at radius 2 is 2.00 bits per heavy atom. The molecule has 1 unspecified atom stereocenters. The van der Waals surface area contributed by atoms with Crippen molar-refractivity contribution < 1.29 is 9.18 Å². The molecule has 2 aromatic carbocycles. The summed E-state index contributed by atoms with van der Waals surface area (Å²) in [7, 11) is 0. The number of aryl methyl sites for hydroxylation is 1. The second kappa shape index (κ2) is 4.71. The van der Waals surface area contributed by atoms with E-state index in [1.54, 1.807) is 6.07 Å². The number of halogens is 2. The van der Waals surface area contributed by atoms with Crippen LogP contribution in [0.1, 0.15) is 20.6 Å². The monoisotopic (exact) mass is 366 g/mol. The SMILES string of the molecule is Cc1cccc2c1CC(=O)C(I)c1cc(F)ccc1-2. The fourth-order valence-electron chi connectivity index (χ4n) is 2.62. The molecule has 0 aliphatic heterocycles. The summed E-state index contributed by atoms with van der Waals surface area (Å²) in [5.41, 5.74) is 5.01. The van der Waals surface area contributed by atoms with Gasteiger partial charge in [-0.1, -0.05) is 46.9 Å². The Hall–Kier alpha value is -1.23. The van der Waals surface area contributed by atoms with Gasteiger partial charge in [-0.15, -0.1) is 0 Å². The summed E-state index contributed by atoms with van der Waals surface area (Å²) in [6.07, 6.45) is 0.423. The maximum absolute atomic E-state index is 13.5. The van der Waals surface area contributed by atoms with Gasteiger partial charge in [-0.05, 0) is 46.9 Å². The first-order valence-electron chi connectivity index (χ1n) is 6.13. The smallest absolute Gasteiger partial charge is 0.154 e. The summed E-state index contributed by atoms with van der Waals surface area (Å²) in [6.45, 7) is 2.02. The molecule has 96 valence electrons. The van der Waals surface area contributed by atoms with Gasteiger partial charge in [0, 0.05) is 6.42 Å². The van der Waals surface area contributed by atoms with Crippen LogP contribution in [0.25, 0.3) is 11.1 Å². The lowest BCUT2D eigenvalue weighted by Gasteiger charge is -2.12. The predicted octanol–water partition coefficient (Wildman–Crippen LogP) is 4.40. The van der Waals surface area contributed by atoms with Crippen LogP contribution < -0.4 is 0 Å². The van der Waals surface area contributed by atoms with Crippen molar-refractivity contribution in [3.8, 4) is 11.1 Å². The molecule has 3 heteroatoms. The number of carbonyl (C=O) groups is 1. The number of Topliss-reactive ketones (excluding diaryl/α,β-unsaturated/α-hetero) is 1. The lowest BCUT2D eigenvalue weighted by molar-refractivity contribution is -0.117. The van der Waals surface area contributed by atoms with Gasteiger partial charge in [0.1, 0.15) is 5.82 Å². The highest BCUT2D eigenvalue weighted by Crippen LogP contribution is 2.40. The molecule has 0 N–H and O–H groups in total. The van der Waals surface area contributed by atoms with Gasteiger partial charge in [-0.25, -0.2) is 4.39 Å². The Morgan fingerprint density at radius 1 is 1.21 bits per heavy atom. The third-order valence-electron chi connectivity index (χ3n) is 3.62. The van der Waals surface area contributed by atoms with Crippen molar-refractivity contribution in [2.75, 3.05) is 0 Å². The van der Waals surface area contributed by atoms with Crippen LogP contribution in [0.3, 0.4) is 0 Å². The van der Waals surface area contributed by atoms with Crippen LogP contribution in [0.5, 0.6) is 0 Å². The molecule has 1 aliphatic carbocycles. The first kappa shape index (κ1) is 12.8. The van der Waals surface area contributed by atoms with E-state index in [1.807, 2.05) is 25.1 Å². The van der Waals surface area contributed by atoms with E-state index in [0.29, 0.717) is 6.42 Å². The number of fused-ring (bicyclic) bond motifs is 3. The molecule has 0 heterocycles. The van der Waals surface area contributed by atoms with Gasteiger partial charge < -0.3 is 0 Å². The fraction of sp³-hybridized carbons (Fsp3) is 0.188. The molecule has 0 amide bonds. The molecule has 2 aromatic rings. The Bertz CT molecular complexity index is 678.